The normalized spacial score (nSPS) is 14.4. The van der Waals surface area contributed by atoms with Crippen molar-refractivity contribution in [3.63, 3.8) is 0 Å². The SMILES string of the molecule is NC(=O)c1c(OC(=O)C2=CCCCC2)ccc(NS(=O)O)c1Nc1ccc(Cl)cc1. The maximum Gasteiger partial charge on any atom is 0.339 e. The number of amides is 1. The lowest BCUT2D eigenvalue weighted by Crippen LogP contribution is -2.20. The van der Waals surface area contributed by atoms with E-state index in [0.717, 1.165) is 19.3 Å². The number of nitrogens with two attached hydrogens (primary N) is 1. The standard InChI is InChI=1S/C20H20ClN3O5S/c21-13-6-8-14(9-7-13)23-18-15(24-30(27)28)10-11-16(17(18)19(22)25)29-20(26)12-4-2-1-3-5-12/h4,6-11,23-24H,1-3,5H2,(H2,22,25)(H,27,28). The van der Waals surface area contributed by atoms with Crippen LogP contribution in [0.15, 0.2) is 48.0 Å². The Labute approximate surface area is 180 Å². The molecule has 30 heavy (non-hydrogen) atoms. The Bertz CT molecular complexity index is 1020. The molecule has 1 amide bonds. The summed E-state index contributed by atoms with van der Waals surface area (Å²) < 4.78 is 28.4. The summed E-state index contributed by atoms with van der Waals surface area (Å²) in [6.07, 6.45) is 5.12. The average molecular weight is 450 g/mol. The number of esters is 1. The molecule has 0 aromatic heterocycles. The molecular formula is C20H20ClN3O5S. The second-order valence-electron chi connectivity index (χ2n) is 6.57. The molecule has 0 bridgehead atoms. The number of rotatable bonds is 7. The van der Waals surface area contributed by atoms with Crippen molar-refractivity contribution in [1.29, 1.82) is 0 Å². The summed E-state index contributed by atoms with van der Waals surface area (Å²) >= 11 is 3.49. The van der Waals surface area contributed by atoms with E-state index in [9.17, 15) is 18.4 Å². The minimum atomic E-state index is -2.41. The molecular weight excluding hydrogens is 430 g/mol. The summed E-state index contributed by atoms with van der Waals surface area (Å²) in [7, 11) is 0. The molecule has 0 saturated heterocycles. The van der Waals surface area contributed by atoms with Gasteiger partial charge in [-0.1, -0.05) is 17.7 Å². The van der Waals surface area contributed by atoms with Crippen LogP contribution in [0.5, 0.6) is 5.75 Å². The number of carbonyl (C=O) groups excluding carboxylic acids is 2. The number of nitrogens with one attached hydrogen (secondary N) is 2. The summed E-state index contributed by atoms with van der Waals surface area (Å²) in [6, 6.07) is 9.33. The summed E-state index contributed by atoms with van der Waals surface area (Å²) in [5.74, 6) is -1.48. The maximum atomic E-state index is 12.5. The van der Waals surface area contributed by atoms with Gasteiger partial charge in [0.15, 0.2) is 0 Å². The number of anilines is 3. The highest BCUT2D eigenvalue weighted by atomic mass is 35.5. The van der Waals surface area contributed by atoms with E-state index in [2.05, 4.69) is 10.0 Å². The molecule has 0 saturated carbocycles. The highest BCUT2D eigenvalue weighted by Crippen LogP contribution is 2.37. The molecule has 1 aliphatic rings. The number of allylic oxidation sites excluding steroid dienone is 1. The smallest absolute Gasteiger partial charge is 0.339 e. The van der Waals surface area contributed by atoms with Gasteiger partial charge in [-0.05, 0) is 62.1 Å². The molecule has 1 atom stereocenters. The van der Waals surface area contributed by atoms with Crippen LogP contribution in [-0.4, -0.2) is 20.6 Å². The largest absolute Gasteiger partial charge is 0.422 e. The summed E-state index contributed by atoms with van der Waals surface area (Å²) in [5, 5.41) is 3.48. The highest BCUT2D eigenvalue weighted by molar-refractivity contribution is 7.80. The Morgan fingerprint density at radius 2 is 1.87 bits per heavy atom. The van der Waals surface area contributed by atoms with Crippen molar-refractivity contribution in [2.75, 3.05) is 10.0 Å². The summed E-state index contributed by atoms with van der Waals surface area (Å²) in [4.78, 5) is 24.8. The zero-order valence-electron chi connectivity index (χ0n) is 15.8. The molecule has 1 aliphatic carbocycles. The van der Waals surface area contributed by atoms with Crippen LogP contribution >= 0.6 is 11.6 Å². The van der Waals surface area contributed by atoms with Crippen LogP contribution < -0.4 is 20.5 Å². The fourth-order valence-electron chi connectivity index (χ4n) is 3.09. The molecule has 8 nitrogen and oxygen atoms in total. The zero-order valence-corrected chi connectivity index (χ0v) is 17.4. The first-order chi connectivity index (χ1) is 14.3. The van der Waals surface area contributed by atoms with Gasteiger partial charge in [0.2, 0.25) is 0 Å². The van der Waals surface area contributed by atoms with E-state index in [1.54, 1.807) is 24.3 Å². The maximum absolute atomic E-state index is 12.5. The molecule has 3 rings (SSSR count). The van der Waals surface area contributed by atoms with E-state index >= 15 is 0 Å². The fraction of sp³-hybridized carbons (Fsp3) is 0.200. The molecule has 2 aromatic carbocycles. The molecule has 0 aliphatic heterocycles. The third kappa shape index (κ3) is 5.38. The first-order valence-corrected chi connectivity index (χ1v) is 10.6. The second-order valence-corrected chi connectivity index (χ2v) is 7.71. The number of halogens is 1. The monoisotopic (exact) mass is 449 g/mol. The molecule has 0 radical (unpaired) electrons. The number of carbonyl (C=O) groups is 2. The van der Waals surface area contributed by atoms with Crippen LogP contribution in [0.3, 0.4) is 0 Å². The van der Waals surface area contributed by atoms with Gasteiger partial charge < -0.3 is 15.8 Å². The lowest BCUT2D eigenvalue weighted by atomic mass is 10.00. The first kappa shape index (κ1) is 21.8. The Balaban J connectivity index is 2.03. The molecule has 5 N–H and O–H groups in total. The number of hydrogen-bond acceptors (Lipinski definition) is 5. The van der Waals surface area contributed by atoms with Gasteiger partial charge in [-0.25, -0.2) is 9.00 Å². The quantitative estimate of drug-likeness (QED) is 0.285. The number of ether oxygens (including phenoxy) is 1. The van der Waals surface area contributed by atoms with E-state index in [0.29, 0.717) is 22.7 Å². The van der Waals surface area contributed by atoms with E-state index in [1.807, 2.05) is 6.08 Å². The van der Waals surface area contributed by atoms with Gasteiger partial charge in [-0.2, -0.15) is 0 Å². The first-order valence-electron chi connectivity index (χ1n) is 9.13. The predicted molar refractivity (Wildman–Crippen MR) is 116 cm³/mol. The third-order valence-electron chi connectivity index (χ3n) is 4.48. The van der Waals surface area contributed by atoms with Gasteiger partial charge in [0.1, 0.15) is 11.3 Å². The minimum Gasteiger partial charge on any atom is -0.422 e. The van der Waals surface area contributed by atoms with Gasteiger partial charge in [0.25, 0.3) is 17.2 Å². The van der Waals surface area contributed by atoms with Gasteiger partial charge in [0, 0.05) is 16.3 Å². The lowest BCUT2D eigenvalue weighted by molar-refractivity contribution is -0.130. The van der Waals surface area contributed by atoms with Crippen LogP contribution in [0.4, 0.5) is 17.1 Å². The van der Waals surface area contributed by atoms with Crippen LogP contribution in [0.1, 0.15) is 36.0 Å². The van der Waals surface area contributed by atoms with Crippen molar-refractivity contribution in [2.24, 2.45) is 5.73 Å². The minimum absolute atomic E-state index is 0.0512. The van der Waals surface area contributed by atoms with E-state index < -0.39 is 23.1 Å². The van der Waals surface area contributed by atoms with Crippen molar-refractivity contribution < 1.29 is 23.1 Å². The van der Waals surface area contributed by atoms with Crippen molar-refractivity contribution in [2.45, 2.75) is 25.7 Å². The summed E-state index contributed by atoms with van der Waals surface area (Å²) in [6.45, 7) is 0. The van der Waals surface area contributed by atoms with E-state index in [1.165, 1.54) is 12.1 Å². The van der Waals surface area contributed by atoms with Gasteiger partial charge in [-0.15, -0.1) is 0 Å². The molecule has 0 heterocycles. The molecule has 0 fully saturated rings. The fourth-order valence-corrected chi connectivity index (χ4v) is 3.57. The van der Waals surface area contributed by atoms with Crippen molar-refractivity contribution in [3.8, 4) is 5.75 Å². The number of primary amides is 1. The molecule has 10 heteroatoms. The van der Waals surface area contributed by atoms with Gasteiger partial charge in [0.05, 0.1) is 11.4 Å². The van der Waals surface area contributed by atoms with E-state index in [4.69, 9.17) is 22.1 Å². The van der Waals surface area contributed by atoms with Gasteiger partial charge in [-0.3, -0.25) is 14.1 Å². The van der Waals surface area contributed by atoms with Gasteiger partial charge >= 0.3 is 5.97 Å². The Hall–Kier alpha value is -2.88. The van der Waals surface area contributed by atoms with Crippen molar-refractivity contribution in [1.82, 2.24) is 0 Å². The van der Waals surface area contributed by atoms with Crippen LogP contribution in [0.25, 0.3) is 0 Å². The second kappa shape index (κ2) is 9.75. The Kier molecular flexibility index (Phi) is 7.09. The van der Waals surface area contributed by atoms with Crippen LogP contribution in [0.2, 0.25) is 5.02 Å². The predicted octanol–water partition coefficient (Wildman–Crippen LogP) is 4.14. The topological polar surface area (TPSA) is 131 Å². The molecule has 1 unspecified atom stereocenters. The van der Waals surface area contributed by atoms with E-state index in [-0.39, 0.29) is 22.7 Å². The van der Waals surface area contributed by atoms with Crippen LogP contribution in [0, 0.1) is 0 Å². The lowest BCUT2D eigenvalue weighted by Gasteiger charge is -2.19. The average Bonchev–Trinajstić information content (AvgIpc) is 2.71. The van der Waals surface area contributed by atoms with Crippen molar-refractivity contribution in [3.05, 3.63) is 58.6 Å². The van der Waals surface area contributed by atoms with Crippen LogP contribution in [-0.2, 0) is 16.1 Å². The number of benzene rings is 2. The Morgan fingerprint density at radius 3 is 2.47 bits per heavy atom. The summed E-state index contributed by atoms with van der Waals surface area (Å²) in [5.41, 5.74) is 6.73. The molecule has 0 spiro atoms. The molecule has 2 aromatic rings. The highest BCUT2D eigenvalue weighted by Gasteiger charge is 2.23. The number of hydrogen-bond donors (Lipinski definition) is 4. The molecule has 158 valence electrons. The van der Waals surface area contributed by atoms with Crippen molar-refractivity contribution >= 4 is 51.8 Å². The third-order valence-corrected chi connectivity index (χ3v) is 5.13. The zero-order chi connectivity index (χ0) is 21.7. The Morgan fingerprint density at radius 1 is 1.13 bits per heavy atom.